The third-order valence-corrected chi connectivity index (χ3v) is 6.86. The molecule has 5 rings (SSSR count). The Balaban J connectivity index is 1.26. The van der Waals surface area contributed by atoms with E-state index >= 15 is 0 Å². The molecule has 2 aromatic rings. The van der Waals surface area contributed by atoms with Crippen LogP contribution in [0.1, 0.15) is 29.3 Å². The summed E-state index contributed by atoms with van der Waals surface area (Å²) in [6.45, 7) is 3.48. The van der Waals surface area contributed by atoms with E-state index in [4.69, 9.17) is 4.74 Å². The van der Waals surface area contributed by atoms with E-state index in [9.17, 15) is 19.2 Å². The number of aryl methyl sites for hydroxylation is 1. The number of imide groups is 1. The number of carbonyl (C=O) groups excluding carboxylic acids is 4. The maximum absolute atomic E-state index is 13.1. The lowest BCUT2D eigenvalue weighted by atomic mass is 9.82. The van der Waals surface area contributed by atoms with Crippen LogP contribution in [0.3, 0.4) is 0 Å². The van der Waals surface area contributed by atoms with Crippen LogP contribution in [0, 0.1) is 30.6 Å². The Kier molecular flexibility index (Phi) is 5.12. The van der Waals surface area contributed by atoms with Crippen LogP contribution < -0.4 is 10.2 Å². The minimum absolute atomic E-state index is 0.113. The molecule has 1 N–H and O–H groups in total. The lowest BCUT2D eigenvalue weighted by molar-refractivity contribution is -0.123. The molecule has 3 amide bonds. The average Bonchev–Trinajstić information content (AvgIpc) is 3.42. The second-order valence-corrected chi connectivity index (χ2v) is 9.02. The van der Waals surface area contributed by atoms with Crippen LogP contribution in [0.4, 0.5) is 11.4 Å². The van der Waals surface area contributed by atoms with Crippen LogP contribution in [-0.2, 0) is 19.1 Å². The molecule has 1 aliphatic heterocycles. The predicted octanol–water partition coefficient (Wildman–Crippen LogP) is 3.49. The fourth-order valence-corrected chi connectivity index (χ4v) is 5.44. The quantitative estimate of drug-likeness (QED) is 0.433. The highest BCUT2D eigenvalue weighted by atomic mass is 16.5. The van der Waals surface area contributed by atoms with Gasteiger partial charge in [0, 0.05) is 5.69 Å². The Bertz CT molecular complexity index is 1220. The molecule has 0 aromatic heterocycles. The third-order valence-electron chi connectivity index (χ3n) is 6.86. The first-order chi connectivity index (χ1) is 15.8. The highest BCUT2D eigenvalue weighted by Gasteiger charge is 2.60. The molecule has 0 spiro atoms. The monoisotopic (exact) mass is 444 g/mol. The van der Waals surface area contributed by atoms with Crippen molar-refractivity contribution in [3.05, 3.63) is 71.3 Å². The summed E-state index contributed by atoms with van der Waals surface area (Å²) < 4.78 is 5.15. The summed E-state index contributed by atoms with van der Waals surface area (Å²) in [6, 6.07) is 13.5. The molecule has 2 fully saturated rings. The van der Waals surface area contributed by atoms with E-state index in [1.165, 1.54) is 22.6 Å². The zero-order chi connectivity index (χ0) is 23.3. The zero-order valence-corrected chi connectivity index (χ0v) is 18.4. The van der Waals surface area contributed by atoms with Gasteiger partial charge in [0.2, 0.25) is 11.8 Å². The molecule has 0 radical (unpaired) electrons. The molecule has 4 atom stereocenters. The first-order valence-corrected chi connectivity index (χ1v) is 11.0. The number of carbonyl (C=O) groups is 4. The second-order valence-electron chi connectivity index (χ2n) is 9.02. The van der Waals surface area contributed by atoms with Gasteiger partial charge in [-0.15, -0.1) is 0 Å². The molecule has 3 aliphatic rings. The normalized spacial score (nSPS) is 25.2. The van der Waals surface area contributed by atoms with Crippen molar-refractivity contribution in [2.75, 3.05) is 16.8 Å². The summed E-state index contributed by atoms with van der Waals surface area (Å²) in [5.41, 5.74) is 3.33. The molecule has 0 unspecified atom stereocenters. The Morgan fingerprint density at radius 3 is 2.58 bits per heavy atom. The van der Waals surface area contributed by atoms with Crippen molar-refractivity contribution in [1.82, 2.24) is 0 Å². The molecule has 168 valence electrons. The molecule has 1 heterocycles. The number of esters is 1. The molecule has 7 heteroatoms. The number of nitrogens with one attached hydrogen (secondary N) is 1. The first kappa shape index (κ1) is 21.1. The van der Waals surface area contributed by atoms with Crippen molar-refractivity contribution in [2.45, 2.75) is 20.3 Å². The highest BCUT2D eigenvalue weighted by molar-refractivity contribution is 6.23. The molecule has 2 aromatic carbocycles. The van der Waals surface area contributed by atoms with E-state index in [2.05, 4.69) is 11.4 Å². The summed E-state index contributed by atoms with van der Waals surface area (Å²) in [4.78, 5) is 52.1. The van der Waals surface area contributed by atoms with Crippen molar-refractivity contribution < 1.29 is 23.9 Å². The Hall–Kier alpha value is -3.74. The van der Waals surface area contributed by atoms with Gasteiger partial charge in [0.25, 0.3) is 5.91 Å². The number of rotatable bonds is 5. The average molecular weight is 444 g/mol. The van der Waals surface area contributed by atoms with Gasteiger partial charge in [-0.1, -0.05) is 29.8 Å². The first-order valence-electron chi connectivity index (χ1n) is 11.0. The summed E-state index contributed by atoms with van der Waals surface area (Å²) in [5.74, 6) is -1.95. The number of fused-ring (bicyclic) bond motifs is 5. The second kappa shape index (κ2) is 7.99. The third kappa shape index (κ3) is 3.63. The van der Waals surface area contributed by atoms with Gasteiger partial charge in [-0.2, -0.15) is 0 Å². The Morgan fingerprint density at radius 1 is 1.03 bits per heavy atom. The number of ether oxygens (including phenoxy) is 1. The molecule has 1 saturated carbocycles. The predicted molar refractivity (Wildman–Crippen MR) is 121 cm³/mol. The van der Waals surface area contributed by atoms with Crippen molar-refractivity contribution in [3.63, 3.8) is 0 Å². The molecule has 2 bridgehead atoms. The summed E-state index contributed by atoms with van der Waals surface area (Å²) in [5, 5.41) is 2.68. The van der Waals surface area contributed by atoms with Crippen molar-refractivity contribution >= 4 is 35.1 Å². The zero-order valence-electron chi connectivity index (χ0n) is 18.4. The summed E-state index contributed by atoms with van der Waals surface area (Å²) in [7, 11) is 0. The maximum Gasteiger partial charge on any atom is 0.338 e. The van der Waals surface area contributed by atoms with Crippen molar-refractivity contribution in [3.8, 4) is 0 Å². The van der Waals surface area contributed by atoms with E-state index in [-0.39, 0.29) is 41.0 Å². The minimum atomic E-state index is -0.701. The minimum Gasteiger partial charge on any atom is -0.452 e. The summed E-state index contributed by atoms with van der Waals surface area (Å²) >= 11 is 0. The van der Waals surface area contributed by atoms with Crippen molar-refractivity contribution in [1.29, 1.82) is 0 Å². The molecule has 2 aliphatic carbocycles. The van der Waals surface area contributed by atoms with E-state index in [0.717, 1.165) is 12.0 Å². The number of hydrogen-bond donors (Lipinski definition) is 1. The fraction of sp³-hybridized carbons (Fsp3) is 0.308. The fourth-order valence-electron chi connectivity index (χ4n) is 5.44. The van der Waals surface area contributed by atoms with Gasteiger partial charge in [0.1, 0.15) is 0 Å². The van der Waals surface area contributed by atoms with Crippen LogP contribution in [0.15, 0.2) is 60.2 Å². The SMILES string of the molecule is CC1=C[C@H]2C[C@H]1[C@@H]1C(=O)N(c3cccc(C(=O)OCC(=O)Nc4cccc(C)c4)c3)C(=O)[C@@H]12. The Labute approximate surface area is 191 Å². The van der Waals surface area contributed by atoms with Crippen LogP contribution in [0.25, 0.3) is 0 Å². The van der Waals surface area contributed by atoms with Gasteiger partial charge >= 0.3 is 5.97 Å². The van der Waals surface area contributed by atoms with Crippen molar-refractivity contribution in [2.24, 2.45) is 23.7 Å². The lowest BCUT2D eigenvalue weighted by Gasteiger charge is -2.19. The van der Waals surface area contributed by atoms with Crippen LogP contribution in [0.5, 0.6) is 0 Å². The standard InChI is InChI=1S/C26H24N2O5/c1-14-5-3-7-18(9-14)27-21(29)13-33-26(32)16-6-4-8-19(11-16)28-24(30)22-17-10-15(2)20(12-17)23(22)25(28)31/h3-11,17,20,22-23H,12-13H2,1-2H3,(H,27,29)/t17-,20+,22+,23-/m0/s1. The molecule has 1 saturated heterocycles. The Morgan fingerprint density at radius 2 is 1.79 bits per heavy atom. The summed E-state index contributed by atoms with van der Waals surface area (Å²) in [6.07, 6.45) is 2.99. The van der Waals surface area contributed by atoms with Gasteiger partial charge in [0.15, 0.2) is 6.61 Å². The smallest absolute Gasteiger partial charge is 0.338 e. The molecule has 33 heavy (non-hydrogen) atoms. The number of hydrogen-bond acceptors (Lipinski definition) is 5. The lowest BCUT2D eigenvalue weighted by Crippen LogP contribution is -2.33. The topological polar surface area (TPSA) is 92.8 Å². The van der Waals surface area contributed by atoms with Gasteiger partial charge in [-0.25, -0.2) is 9.69 Å². The van der Waals surface area contributed by atoms with E-state index < -0.39 is 18.5 Å². The van der Waals surface area contributed by atoms with Gasteiger partial charge in [-0.05, 0) is 68.0 Å². The van der Waals surface area contributed by atoms with E-state index in [0.29, 0.717) is 11.4 Å². The molecular formula is C26H24N2O5. The number of allylic oxidation sites excluding steroid dienone is 2. The van der Waals surface area contributed by atoms with Gasteiger partial charge < -0.3 is 10.1 Å². The maximum atomic E-state index is 13.1. The largest absolute Gasteiger partial charge is 0.452 e. The van der Waals surface area contributed by atoms with Crippen LogP contribution >= 0.6 is 0 Å². The number of nitrogens with zero attached hydrogens (tertiary/aromatic N) is 1. The van der Waals surface area contributed by atoms with E-state index in [1.807, 2.05) is 32.0 Å². The number of amides is 3. The number of benzene rings is 2. The number of anilines is 2. The van der Waals surface area contributed by atoms with Gasteiger partial charge in [-0.3, -0.25) is 14.4 Å². The highest BCUT2D eigenvalue weighted by Crippen LogP contribution is 2.55. The molecular weight excluding hydrogens is 420 g/mol. The van der Waals surface area contributed by atoms with Gasteiger partial charge in [0.05, 0.1) is 23.1 Å². The molecule has 7 nitrogen and oxygen atoms in total. The van der Waals surface area contributed by atoms with Crippen LogP contribution in [0.2, 0.25) is 0 Å². The van der Waals surface area contributed by atoms with E-state index in [1.54, 1.807) is 18.2 Å². The van der Waals surface area contributed by atoms with Crippen LogP contribution in [-0.4, -0.2) is 30.3 Å².